The Labute approximate surface area is 127 Å². The number of piperidine rings is 1. The molecule has 0 radical (unpaired) electrons. The molecule has 0 spiro atoms. The third-order valence-corrected chi connectivity index (χ3v) is 4.61. The van der Waals surface area contributed by atoms with Crippen LogP contribution in [0.5, 0.6) is 0 Å². The summed E-state index contributed by atoms with van der Waals surface area (Å²) >= 11 is 0. The van der Waals surface area contributed by atoms with Crippen molar-refractivity contribution in [2.45, 2.75) is 39.3 Å². The molecule has 0 saturated carbocycles. The van der Waals surface area contributed by atoms with E-state index in [1.165, 1.54) is 31.5 Å². The second kappa shape index (κ2) is 6.44. The lowest BCUT2D eigenvalue weighted by atomic mass is 9.95. The zero-order chi connectivity index (χ0) is 14.7. The molecule has 3 nitrogen and oxygen atoms in total. The molecule has 1 fully saturated rings. The van der Waals surface area contributed by atoms with E-state index in [4.69, 9.17) is 0 Å². The fourth-order valence-electron chi connectivity index (χ4n) is 3.41. The average molecular weight is 283 g/mol. The highest BCUT2D eigenvalue weighted by atomic mass is 15.2. The van der Waals surface area contributed by atoms with Crippen LogP contribution in [0.15, 0.2) is 42.9 Å². The minimum absolute atomic E-state index is 0.513. The van der Waals surface area contributed by atoms with Crippen molar-refractivity contribution in [1.29, 1.82) is 0 Å². The largest absolute Gasteiger partial charge is 0.337 e. The number of rotatable bonds is 4. The van der Waals surface area contributed by atoms with Gasteiger partial charge in [0, 0.05) is 25.3 Å². The Bertz CT molecular complexity index is 561. The van der Waals surface area contributed by atoms with Gasteiger partial charge in [-0.3, -0.25) is 4.90 Å². The summed E-state index contributed by atoms with van der Waals surface area (Å²) in [6.07, 6.45) is 6.75. The molecular weight excluding hydrogens is 258 g/mol. The van der Waals surface area contributed by atoms with E-state index in [1.54, 1.807) is 0 Å². The fraction of sp³-hybridized carbons (Fsp3) is 0.500. The molecule has 1 aliphatic rings. The predicted molar refractivity (Wildman–Crippen MR) is 86.1 cm³/mol. The van der Waals surface area contributed by atoms with Crippen LogP contribution in [0.3, 0.4) is 0 Å². The lowest BCUT2D eigenvalue weighted by Crippen LogP contribution is -2.38. The lowest BCUT2D eigenvalue weighted by molar-refractivity contribution is 0.123. The molecule has 0 bridgehead atoms. The van der Waals surface area contributed by atoms with Gasteiger partial charge in [0.1, 0.15) is 0 Å². The zero-order valence-corrected chi connectivity index (χ0v) is 13.1. The van der Waals surface area contributed by atoms with Gasteiger partial charge in [0.25, 0.3) is 0 Å². The molecule has 1 aliphatic heterocycles. The first-order chi connectivity index (χ1) is 10.2. The second-order valence-corrected chi connectivity index (χ2v) is 6.30. The fourth-order valence-corrected chi connectivity index (χ4v) is 3.41. The van der Waals surface area contributed by atoms with E-state index < -0.39 is 0 Å². The molecule has 1 aromatic heterocycles. The SMILES string of the molecule is Cc1cn(C[C@H]2CCCN([C@H](C)c3ccccc3)C2)cn1. The number of benzene rings is 1. The Morgan fingerprint density at radius 3 is 2.81 bits per heavy atom. The highest BCUT2D eigenvalue weighted by Crippen LogP contribution is 2.27. The number of aryl methyl sites for hydroxylation is 1. The van der Waals surface area contributed by atoms with Crippen LogP contribution in [0.4, 0.5) is 0 Å². The Hall–Kier alpha value is -1.61. The Kier molecular flexibility index (Phi) is 4.39. The molecule has 0 amide bonds. The van der Waals surface area contributed by atoms with Crippen LogP contribution in [0.1, 0.15) is 37.1 Å². The van der Waals surface area contributed by atoms with Crippen molar-refractivity contribution in [3.8, 4) is 0 Å². The summed E-state index contributed by atoms with van der Waals surface area (Å²) in [5.74, 6) is 0.735. The standard InChI is InChI=1S/C18H25N3/c1-15-11-20(14-19-15)12-17-7-6-10-21(13-17)16(2)18-8-4-3-5-9-18/h3-5,8-9,11,14,16-17H,6-7,10,12-13H2,1-2H3/t16-,17-/m1/s1. The highest BCUT2D eigenvalue weighted by molar-refractivity contribution is 5.18. The summed E-state index contributed by atoms with van der Waals surface area (Å²) in [5, 5.41) is 0. The first kappa shape index (κ1) is 14.3. The molecule has 1 aromatic carbocycles. The van der Waals surface area contributed by atoms with E-state index in [0.717, 1.165) is 18.2 Å². The second-order valence-electron chi connectivity index (χ2n) is 6.30. The smallest absolute Gasteiger partial charge is 0.0949 e. The van der Waals surface area contributed by atoms with Crippen LogP contribution < -0.4 is 0 Å². The predicted octanol–water partition coefficient (Wildman–Crippen LogP) is 3.66. The van der Waals surface area contributed by atoms with Crippen LogP contribution in [0.2, 0.25) is 0 Å². The molecule has 3 heteroatoms. The van der Waals surface area contributed by atoms with Crippen LogP contribution in [0, 0.1) is 12.8 Å². The molecule has 1 saturated heterocycles. The number of imidazole rings is 1. The van der Waals surface area contributed by atoms with Gasteiger partial charge >= 0.3 is 0 Å². The van der Waals surface area contributed by atoms with E-state index in [2.05, 4.69) is 64.8 Å². The van der Waals surface area contributed by atoms with Crippen molar-refractivity contribution in [3.63, 3.8) is 0 Å². The highest BCUT2D eigenvalue weighted by Gasteiger charge is 2.24. The summed E-state index contributed by atoms with van der Waals surface area (Å²) in [6, 6.07) is 11.4. The quantitative estimate of drug-likeness (QED) is 0.853. The Morgan fingerprint density at radius 2 is 2.10 bits per heavy atom. The molecule has 2 atom stereocenters. The maximum absolute atomic E-state index is 4.33. The van der Waals surface area contributed by atoms with Gasteiger partial charge < -0.3 is 4.57 Å². The first-order valence-corrected chi connectivity index (χ1v) is 8.00. The lowest BCUT2D eigenvalue weighted by Gasteiger charge is -2.37. The van der Waals surface area contributed by atoms with E-state index in [-0.39, 0.29) is 0 Å². The monoisotopic (exact) mass is 283 g/mol. The maximum Gasteiger partial charge on any atom is 0.0949 e. The van der Waals surface area contributed by atoms with Gasteiger partial charge in [-0.1, -0.05) is 30.3 Å². The summed E-state index contributed by atoms with van der Waals surface area (Å²) in [7, 11) is 0. The molecule has 21 heavy (non-hydrogen) atoms. The summed E-state index contributed by atoms with van der Waals surface area (Å²) in [5.41, 5.74) is 2.54. The summed E-state index contributed by atoms with van der Waals surface area (Å²) in [4.78, 5) is 6.97. The van der Waals surface area contributed by atoms with Gasteiger partial charge in [-0.25, -0.2) is 4.98 Å². The normalized spacial score (nSPS) is 21.3. The number of hydrogen-bond donors (Lipinski definition) is 0. The number of aromatic nitrogens is 2. The van der Waals surface area contributed by atoms with Gasteiger partial charge in [0.05, 0.1) is 12.0 Å². The van der Waals surface area contributed by atoms with Crippen molar-refractivity contribution in [1.82, 2.24) is 14.5 Å². The molecule has 0 unspecified atom stereocenters. The Morgan fingerprint density at radius 1 is 1.29 bits per heavy atom. The van der Waals surface area contributed by atoms with Gasteiger partial charge in [-0.05, 0) is 44.7 Å². The molecule has 2 aromatic rings. The number of hydrogen-bond acceptors (Lipinski definition) is 2. The number of likely N-dealkylation sites (tertiary alicyclic amines) is 1. The Balaban J connectivity index is 1.63. The molecule has 3 rings (SSSR count). The van der Waals surface area contributed by atoms with Crippen molar-refractivity contribution in [2.24, 2.45) is 5.92 Å². The van der Waals surface area contributed by atoms with Crippen LogP contribution in [-0.4, -0.2) is 27.5 Å². The molecule has 0 aliphatic carbocycles. The van der Waals surface area contributed by atoms with Gasteiger partial charge in [0.2, 0.25) is 0 Å². The molecule has 2 heterocycles. The van der Waals surface area contributed by atoms with Gasteiger partial charge in [-0.15, -0.1) is 0 Å². The van der Waals surface area contributed by atoms with Gasteiger partial charge in [0.15, 0.2) is 0 Å². The third-order valence-electron chi connectivity index (χ3n) is 4.61. The van der Waals surface area contributed by atoms with Crippen molar-refractivity contribution >= 4 is 0 Å². The van der Waals surface area contributed by atoms with E-state index in [1.807, 2.05) is 6.33 Å². The minimum Gasteiger partial charge on any atom is -0.337 e. The molecule has 112 valence electrons. The molecular formula is C18H25N3. The van der Waals surface area contributed by atoms with E-state index >= 15 is 0 Å². The van der Waals surface area contributed by atoms with Crippen LogP contribution >= 0.6 is 0 Å². The van der Waals surface area contributed by atoms with E-state index in [0.29, 0.717) is 6.04 Å². The van der Waals surface area contributed by atoms with Crippen molar-refractivity contribution in [3.05, 3.63) is 54.1 Å². The topological polar surface area (TPSA) is 21.1 Å². The summed E-state index contributed by atoms with van der Waals surface area (Å²) in [6.45, 7) is 7.89. The average Bonchev–Trinajstić information content (AvgIpc) is 2.93. The number of nitrogens with zero attached hydrogens (tertiary/aromatic N) is 3. The maximum atomic E-state index is 4.33. The first-order valence-electron chi connectivity index (χ1n) is 8.00. The van der Waals surface area contributed by atoms with Crippen molar-refractivity contribution < 1.29 is 0 Å². The van der Waals surface area contributed by atoms with Gasteiger partial charge in [-0.2, -0.15) is 0 Å². The molecule has 0 N–H and O–H groups in total. The van der Waals surface area contributed by atoms with Crippen LogP contribution in [0.25, 0.3) is 0 Å². The van der Waals surface area contributed by atoms with Crippen molar-refractivity contribution in [2.75, 3.05) is 13.1 Å². The third kappa shape index (κ3) is 3.53. The minimum atomic E-state index is 0.513. The van der Waals surface area contributed by atoms with E-state index in [9.17, 15) is 0 Å². The zero-order valence-electron chi connectivity index (χ0n) is 13.1. The van der Waals surface area contributed by atoms with Crippen LogP contribution in [-0.2, 0) is 6.54 Å². The summed E-state index contributed by atoms with van der Waals surface area (Å²) < 4.78 is 2.25.